The van der Waals surface area contributed by atoms with Crippen LogP contribution < -0.4 is 5.56 Å². The summed E-state index contributed by atoms with van der Waals surface area (Å²) in [5, 5.41) is 0. The van der Waals surface area contributed by atoms with Crippen molar-refractivity contribution in [1.29, 1.82) is 0 Å². The maximum Gasteiger partial charge on any atom is 0.254 e. The Kier molecular flexibility index (Phi) is 3.75. The molecule has 0 atom stereocenters. The largest absolute Gasteiger partial charge is 0.310 e. The lowest BCUT2D eigenvalue weighted by molar-refractivity contribution is 0.893. The van der Waals surface area contributed by atoms with Gasteiger partial charge in [0, 0.05) is 14.9 Å². The highest BCUT2D eigenvalue weighted by Gasteiger charge is 2.17. The van der Waals surface area contributed by atoms with Crippen LogP contribution in [-0.2, 0) is 18.6 Å². The zero-order chi connectivity index (χ0) is 13.2. The van der Waals surface area contributed by atoms with Gasteiger partial charge in [0.25, 0.3) is 5.56 Å². The summed E-state index contributed by atoms with van der Waals surface area (Å²) in [6, 6.07) is 8.07. The molecular formula is C14H13BrN2OS. The second-order valence-electron chi connectivity index (χ2n) is 4.51. The standard InChI is InChI=1S/C14H13BrN2OS/c15-10-5-1-2-7-12(10)19-8-13-16-11-6-3-4-9(11)14(18)17-13/h1-2,5,7H,3-4,6,8H2,(H,16,17,18). The normalized spacial score (nSPS) is 13.5. The van der Waals surface area contributed by atoms with Gasteiger partial charge in [-0.2, -0.15) is 0 Å². The molecule has 0 spiro atoms. The Balaban J connectivity index is 1.80. The number of H-pyrrole nitrogens is 1. The van der Waals surface area contributed by atoms with E-state index in [-0.39, 0.29) is 5.56 Å². The molecule has 0 unspecified atom stereocenters. The first-order valence-electron chi connectivity index (χ1n) is 6.22. The molecule has 1 aliphatic rings. The zero-order valence-corrected chi connectivity index (χ0v) is 12.7. The van der Waals surface area contributed by atoms with Crippen molar-refractivity contribution in [2.45, 2.75) is 29.9 Å². The molecule has 0 radical (unpaired) electrons. The summed E-state index contributed by atoms with van der Waals surface area (Å²) in [5.74, 6) is 1.46. The molecule has 19 heavy (non-hydrogen) atoms. The average Bonchev–Trinajstić information content (AvgIpc) is 2.87. The lowest BCUT2D eigenvalue weighted by Crippen LogP contribution is -2.16. The summed E-state index contributed by atoms with van der Waals surface area (Å²) in [6.07, 6.45) is 2.85. The van der Waals surface area contributed by atoms with Gasteiger partial charge in [0.15, 0.2) is 0 Å². The van der Waals surface area contributed by atoms with Crippen molar-refractivity contribution in [3.8, 4) is 0 Å². The van der Waals surface area contributed by atoms with Crippen LogP contribution >= 0.6 is 27.7 Å². The Morgan fingerprint density at radius 2 is 2.16 bits per heavy atom. The molecule has 3 rings (SSSR count). The van der Waals surface area contributed by atoms with Crippen molar-refractivity contribution in [2.75, 3.05) is 0 Å². The average molecular weight is 337 g/mol. The number of thioether (sulfide) groups is 1. The van der Waals surface area contributed by atoms with Gasteiger partial charge < -0.3 is 4.98 Å². The smallest absolute Gasteiger partial charge is 0.254 e. The highest BCUT2D eigenvalue weighted by Crippen LogP contribution is 2.29. The van der Waals surface area contributed by atoms with Crippen molar-refractivity contribution in [1.82, 2.24) is 9.97 Å². The molecular weight excluding hydrogens is 324 g/mol. The number of benzene rings is 1. The molecule has 1 aliphatic carbocycles. The van der Waals surface area contributed by atoms with Gasteiger partial charge in [0.1, 0.15) is 5.82 Å². The van der Waals surface area contributed by atoms with Crippen molar-refractivity contribution in [3.05, 3.63) is 56.2 Å². The van der Waals surface area contributed by atoms with Crippen LogP contribution in [0.3, 0.4) is 0 Å². The minimum atomic E-state index is 0.0465. The Labute approximate surface area is 124 Å². The second kappa shape index (κ2) is 5.51. The topological polar surface area (TPSA) is 45.8 Å². The quantitative estimate of drug-likeness (QED) is 0.874. The van der Waals surface area contributed by atoms with E-state index in [0.717, 1.165) is 45.7 Å². The third-order valence-corrected chi connectivity index (χ3v) is 5.23. The molecule has 0 fully saturated rings. The SMILES string of the molecule is O=c1[nH]c(CSc2ccccc2Br)nc2c1CCC2. The third-order valence-electron chi connectivity index (χ3n) is 3.19. The molecule has 1 heterocycles. The fraction of sp³-hybridized carbons (Fsp3) is 0.286. The molecule has 1 aromatic carbocycles. The van der Waals surface area contributed by atoms with E-state index in [1.165, 1.54) is 0 Å². The van der Waals surface area contributed by atoms with E-state index in [9.17, 15) is 4.79 Å². The predicted molar refractivity (Wildman–Crippen MR) is 80.6 cm³/mol. The van der Waals surface area contributed by atoms with E-state index in [1.54, 1.807) is 11.8 Å². The van der Waals surface area contributed by atoms with Gasteiger partial charge in [0.2, 0.25) is 0 Å². The zero-order valence-electron chi connectivity index (χ0n) is 10.3. The Morgan fingerprint density at radius 1 is 1.32 bits per heavy atom. The molecule has 0 bridgehead atoms. The molecule has 0 aliphatic heterocycles. The van der Waals surface area contributed by atoms with Crippen molar-refractivity contribution in [2.24, 2.45) is 0 Å². The molecule has 0 amide bonds. The summed E-state index contributed by atoms with van der Waals surface area (Å²) in [7, 11) is 0. The molecule has 3 nitrogen and oxygen atoms in total. The Hall–Kier alpha value is -1.07. The summed E-state index contributed by atoms with van der Waals surface area (Å²) in [4.78, 5) is 20.5. The molecule has 2 aromatic rings. The van der Waals surface area contributed by atoms with Crippen molar-refractivity contribution < 1.29 is 0 Å². The number of aromatic amines is 1. The minimum absolute atomic E-state index is 0.0465. The van der Waals surface area contributed by atoms with Gasteiger partial charge in [-0.05, 0) is 47.3 Å². The molecule has 1 N–H and O–H groups in total. The van der Waals surface area contributed by atoms with Gasteiger partial charge in [-0.3, -0.25) is 4.79 Å². The minimum Gasteiger partial charge on any atom is -0.310 e. The summed E-state index contributed by atoms with van der Waals surface area (Å²) < 4.78 is 1.07. The molecule has 98 valence electrons. The number of aromatic nitrogens is 2. The fourth-order valence-corrected chi connectivity index (χ4v) is 3.71. The molecule has 1 aromatic heterocycles. The maximum atomic E-state index is 11.9. The molecule has 5 heteroatoms. The number of nitrogens with zero attached hydrogens (tertiary/aromatic N) is 1. The van der Waals surface area contributed by atoms with Crippen LogP contribution in [-0.4, -0.2) is 9.97 Å². The second-order valence-corrected chi connectivity index (χ2v) is 6.38. The van der Waals surface area contributed by atoms with Gasteiger partial charge in [-0.25, -0.2) is 4.98 Å². The first-order valence-corrected chi connectivity index (χ1v) is 8.00. The lowest BCUT2D eigenvalue weighted by atomic mass is 10.2. The van der Waals surface area contributed by atoms with Crippen LogP contribution in [0.4, 0.5) is 0 Å². The number of hydrogen-bond donors (Lipinski definition) is 1. The van der Waals surface area contributed by atoms with E-state index in [0.29, 0.717) is 5.75 Å². The van der Waals surface area contributed by atoms with Gasteiger partial charge >= 0.3 is 0 Å². The molecule has 0 saturated heterocycles. The van der Waals surface area contributed by atoms with Crippen molar-refractivity contribution >= 4 is 27.7 Å². The van der Waals surface area contributed by atoms with E-state index < -0.39 is 0 Å². The van der Waals surface area contributed by atoms with Crippen LogP contribution in [0.1, 0.15) is 23.5 Å². The van der Waals surface area contributed by atoms with Crippen LogP contribution in [0.5, 0.6) is 0 Å². The van der Waals surface area contributed by atoms with Crippen LogP contribution in [0, 0.1) is 0 Å². The number of aryl methyl sites for hydroxylation is 1. The third kappa shape index (κ3) is 2.77. The van der Waals surface area contributed by atoms with Crippen LogP contribution in [0.2, 0.25) is 0 Å². The fourth-order valence-electron chi connectivity index (χ4n) is 2.27. The van der Waals surface area contributed by atoms with Gasteiger partial charge in [-0.1, -0.05) is 12.1 Å². The summed E-state index contributed by atoms with van der Waals surface area (Å²) in [5.41, 5.74) is 1.92. The van der Waals surface area contributed by atoms with Crippen LogP contribution in [0.15, 0.2) is 38.4 Å². The highest BCUT2D eigenvalue weighted by atomic mass is 79.9. The number of nitrogens with one attached hydrogen (secondary N) is 1. The van der Waals surface area contributed by atoms with Gasteiger partial charge in [-0.15, -0.1) is 11.8 Å². The molecule has 0 saturated carbocycles. The van der Waals surface area contributed by atoms with E-state index in [4.69, 9.17) is 0 Å². The van der Waals surface area contributed by atoms with E-state index in [1.807, 2.05) is 18.2 Å². The van der Waals surface area contributed by atoms with Gasteiger partial charge in [0.05, 0.1) is 11.4 Å². The first kappa shape index (κ1) is 12.9. The predicted octanol–water partition coefficient (Wildman–Crippen LogP) is 3.31. The highest BCUT2D eigenvalue weighted by molar-refractivity contribution is 9.10. The number of fused-ring (bicyclic) bond motifs is 1. The Morgan fingerprint density at radius 3 is 3.00 bits per heavy atom. The van der Waals surface area contributed by atoms with E-state index in [2.05, 4.69) is 32.0 Å². The van der Waals surface area contributed by atoms with E-state index >= 15 is 0 Å². The lowest BCUT2D eigenvalue weighted by Gasteiger charge is -2.05. The summed E-state index contributed by atoms with van der Waals surface area (Å²) in [6.45, 7) is 0. The maximum absolute atomic E-state index is 11.9. The Bertz CT molecular complexity index is 669. The number of hydrogen-bond acceptors (Lipinski definition) is 3. The van der Waals surface area contributed by atoms with Crippen molar-refractivity contribution in [3.63, 3.8) is 0 Å². The summed E-state index contributed by atoms with van der Waals surface area (Å²) >= 11 is 5.20. The number of rotatable bonds is 3. The monoisotopic (exact) mass is 336 g/mol. The number of halogens is 1. The van der Waals surface area contributed by atoms with Crippen LogP contribution in [0.25, 0.3) is 0 Å². The first-order chi connectivity index (χ1) is 9.24.